The second kappa shape index (κ2) is 5.79. The minimum absolute atomic E-state index is 0.0564. The first-order valence-corrected chi connectivity index (χ1v) is 9.00. The summed E-state index contributed by atoms with van der Waals surface area (Å²) in [4.78, 5) is 11.8. The number of carboxylic acids is 1. The SMILES string of the molecule is CC(C)S(=O)(=O)CCC1(C(=O)O)CCc2ccccc2C1. The molecule has 0 bridgehead atoms. The fourth-order valence-corrected chi connectivity index (χ4v) is 4.02. The molecule has 1 N–H and O–H groups in total. The van der Waals surface area contributed by atoms with Crippen LogP contribution < -0.4 is 0 Å². The van der Waals surface area contributed by atoms with E-state index in [4.69, 9.17) is 0 Å². The van der Waals surface area contributed by atoms with Gasteiger partial charge >= 0.3 is 5.97 Å². The van der Waals surface area contributed by atoms with E-state index in [2.05, 4.69) is 0 Å². The molecule has 1 aliphatic rings. The molecule has 0 amide bonds. The van der Waals surface area contributed by atoms with Crippen molar-refractivity contribution in [2.45, 2.75) is 44.8 Å². The summed E-state index contributed by atoms with van der Waals surface area (Å²) < 4.78 is 24.0. The van der Waals surface area contributed by atoms with E-state index in [1.807, 2.05) is 24.3 Å². The summed E-state index contributed by atoms with van der Waals surface area (Å²) >= 11 is 0. The lowest BCUT2D eigenvalue weighted by atomic mass is 9.70. The van der Waals surface area contributed by atoms with Crippen LogP contribution in [0.5, 0.6) is 0 Å². The Morgan fingerprint density at radius 1 is 1.29 bits per heavy atom. The molecule has 0 aromatic heterocycles. The van der Waals surface area contributed by atoms with Gasteiger partial charge in [-0.3, -0.25) is 4.79 Å². The Morgan fingerprint density at radius 2 is 1.90 bits per heavy atom. The van der Waals surface area contributed by atoms with Crippen molar-refractivity contribution in [3.05, 3.63) is 35.4 Å². The van der Waals surface area contributed by atoms with Crippen LogP contribution in [0.1, 0.15) is 37.8 Å². The highest BCUT2D eigenvalue weighted by Gasteiger charge is 2.42. The lowest BCUT2D eigenvalue weighted by Crippen LogP contribution is -2.39. The first kappa shape index (κ1) is 16.0. The van der Waals surface area contributed by atoms with Crippen molar-refractivity contribution in [2.75, 3.05) is 5.75 Å². The number of benzene rings is 1. The van der Waals surface area contributed by atoms with Gasteiger partial charge in [-0.05, 0) is 50.7 Å². The van der Waals surface area contributed by atoms with Gasteiger partial charge in [0.25, 0.3) is 0 Å². The topological polar surface area (TPSA) is 71.4 Å². The second-order valence-electron chi connectivity index (χ2n) is 6.20. The van der Waals surface area contributed by atoms with Gasteiger partial charge in [-0.1, -0.05) is 24.3 Å². The van der Waals surface area contributed by atoms with Gasteiger partial charge in [0.15, 0.2) is 9.84 Å². The molecule has 0 saturated carbocycles. The summed E-state index contributed by atoms with van der Waals surface area (Å²) in [6, 6.07) is 7.83. The number of carboxylic acid groups (broad SMARTS) is 1. The van der Waals surface area contributed by atoms with Crippen LogP contribution in [0.25, 0.3) is 0 Å². The highest BCUT2D eigenvalue weighted by atomic mass is 32.2. The largest absolute Gasteiger partial charge is 0.481 e. The summed E-state index contributed by atoms with van der Waals surface area (Å²) in [5.74, 6) is -0.935. The summed E-state index contributed by atoms with van der Waals surface area (Å²) in [5, 5.41) is 9.20. The van der Waals surface area contributed by atoms with Crippen LogP contribution in [-0.4, -0.2) is 30.5 Å². The number of aryl methyl sites for hydroxylation is 1. The van der Waals surface area contributed by atoms with Crippen LogP contribution in [0.3, 0.4) is 0 Å². The Bertz CT molecular complexity index is 633. The third-order valence-electron chi connectivity index (χ3n) is 4.56. The molecule has 0 radical (unpaired) electrons. The van der Waals surface area contributed by atoms with E-state index in [1.54, 1.807) is 13.8 Å². The molecule has 1 aromatic carbocycles. The molecule has 1 aromatic rings. The van der Waals surface area contributed by atoms with E-state index in [9.17, 15) is 18.3 Å². The summed E-state index contributed by atoms with van der Waals surface area (Å²) in [5.41, 5.74) is 1.27. The summed E-state index contributed by atoms with van der Waals surface area (Å²) in [7, 11) is -3.21. The molecule has 21 heavy (non-hydrogen) atoms. The Morgan fingerprint density at radius 3 is 2.48 bits per heavy atom. The van der Waals surface area contributed by atoms with Crippen LogP contribution >= 0.6 is 0 Å². The Balaban J connectivity index is 2.23. The van der Waals surface area contributed by atoms with Crippen LogP contribution in [0.4, 0.5) is 0 Å². The lowest BCUT2D eigenvalue weighted by Gasteiger charge is -2.34. The number of carbonyl (C=O) groups is 1. The van der Waals surface area contributed by atoms with Crippen molar-refractivity contribution < 1.29 is 18.3 Å². The zero-order chi connectivity index (χ0) is 15.7. The van der Waals surface area contributed by atoms with Crippen LogP contribution in [0.2, 0.25) is 0 Å². The Labute approximate surface area is 126 Å². The molecule has 4 nitrogen and oxygen atoms in total. The van der Waals surface area contributed by atoms with E-state index in [1.165, 1.54) is 5.56 Å². The molecule has 0 aliphatic heterocycles. The average molecular weight is 310 g/mol. The van der Waals surface area contributed by atoms with Crippen molar-refractivity contribution in [3.8, 4) is 0 Å². The molecule has 0 fully saturated rings. The van der Waals surface area contributed by atoms with Gasteiger partial charge in [-0.2, -0.15) is 0 Å². The highest BCUT2D eigenvalue weighted by Crippen LogP contribution is 2.39. The molecule has 1 aliphatic carbocycles. The zero-order valence-corrected chi connectivity index (χ0v) is 13.3. The summed E-state index contributed by atoms with van der Waals surface area (Å²) in [6.07, 6.45) is 1.82. The first-order valence-electron chi connectivity index (χ1n) is 7.29. The third-order valence-corrected chi connectivity index (χ3v) is 6.77. The molecule has 0 spiro atoms. The third kappa shape index (κ3) is 3.28. The van der Waals surface area contributed by atoms with Crippen molar-refractivity contribution in [1.29, 1.82) is 0 Å². The maximum atomic E-state index is 12.0. The molecule has 5 heteroatoms. The van der Waals surface area contributed by atoms with E-state index < -0.39 is 26.5 Å². The minimum Gasteiger partial charge on any atom is -0.481 e. The van der Waals surface area contributed by atoms with Crippen molar-refractivity contribution in [1.82, 2.24) is 0 Å². The summed E-state index contributed by atoms with van der Waals surface area (Å²) in [6.45, 7) is 3.28. The predicted molar refractivity (Wildman–Crippen MR) is 82.1 cm³/mol. The lowest BCUT2D eigenvalue weighted by molar-refractivity contribution is -0.150. The Hall–Kier alpha value is -1.36. The maximum Gasteiger partial charge on any atom is 0.310 e. The van der Waals surface area contributed by atoms with Gasteiger partial charge in [0.1, 0.15) is 0 Å². The number of hydrogen-bond donors (Lipinski definition) is 1. The normalized spacial score (nSPS) is 22.0. The molecular weight excluding hydrogens is 288 g/mol. The van der Waals surface area contributed by atoms with Gasteiger partial charge < -0.3 is 5.11 Å². The number of aliphatic carboxylic acids is 1. The standard InChI is InChI=1S/C16H22O4S/c1-12(2)21(19,20)10-9-16(15(17)18)8-7-13-5-3-4-6-14(13)11-16/h3-6,12H,7-11H2,1-2H3,(H,17,18). The fraction of sp³-hybridized carbons (Fsp3) is 0.562. The highest BCUT2D eigenvalue weighted by molar-refractivity contribution is 7.91. The van der Waals surface area contributed by atoms with E-state index >= 15 is 0 Å². The van der Waals surface area contributed by atoms with Crippen LogP contribution in [0.15, 0.2) is 24.3 Å². The quantitative estimate of drug-likeness (QED) is 0.907. The van der Waals surface area contributed by atoms with Crippen molar-refractivity contribution >= 4 is 15.8 Å². The molecule has 1 atom stereocenters. The van der Waals surface area contributed by atoms with E-state index in [-0.39, 0.29) is 12.2 Å². The zero-order valence-electron chi connectivity index (χ0n) is 12.5. The number of rotatable bonds is 5. The molecular formula is C16H22O4S. The minimum atomic E-state index is -3.21. The van der Waals surface area contributed by atoms with Gasteiger partial charge in [0.05, 0.1) is 16.4 Å². The van der Waals surface area contributed by atoms with E-state index in [0.717, 1.165) is 5.56 Å². The molecule has 0 saturated heterocycles. The predicted octanol–water partition coefficient (Wildman–Crippen LogP) is 2.46. The first-order chi connectivity index (χ1) is 9.77. The molecule has 2 rings (SSSR count). The maximum absolute atomic E-state index is 12.0. The van der Waals surface area contributed by atoms with Crippen molar-refractivity contribution in [2.24, 2.45) is 5.41 Å². The Kier molecular flexibility index (Phi) is 4.42. The van der Waals surface area contributed by atoms with Crippen molar-refractivity contribution in [3.63, 3.8) is 0 Å². The number of sulfone groups is 1. The second-order valence-corrected chi connectivity index (χ2v) is 8.87. The smallest absolute Gasteiger partial charge is 0.310 e. The van der Waals surface area contributed by atoms with E-state index in [0.29, 0.717) is 19.3 Å². The molecule has 0 heterocycles. The van der Waals surface area contributed by atoms with Gasteiger partial charge in [0.2, 0.25) is 0 Å². The monoisotopic (exact) mass is 310 g/mol. The number of fused-ring (bicyclic) bond motifs is 1. The average Bonchev–Trinajstić information content (AvgIpc) is 2.44. The van der Waals surface area contributed by atoms with Gasteiger partial charge in [0, 0.05) is 0 Å². The van der Waals surface area contributed by atoms with Crippen LogP contribution in [0, 0.1) is 5.41 Å². The fourth-order valence-electron chi connectivity index (χ4n) is 2.88. The number of hydrogen-bond acceptors (Lipinski definition) is 3. The van der Waals surface area contributed by atoms with Crippen LogP contribution in [-0.2, 0) is 27.5 Å². The van der Waals surface area contributed by atoms with Gasteiger partial charge in [-0.15, -0.1) is 0 Å². The molecule has 1 unspecified atom stereocenters. The van der Waals surface area contributed by atoms with Gasteiger partial charge in [-0.25, -0.2) is 8.42 Å². The molecule has 116 valence electrons.